The zero-order chi connectivity index (χ0) is 15.6. The number of nitrogens with one attached hydrogen (secondary N) is 1. The molecule has 0 amide bonds. The summed E-state index contributed by atoms with van der Waals surface area (Å²) in [5, 5.41) is 3.93. The minimum absolute atomic E-state index is 0.0548. The molecule has 3 nitrogen and oxygen atoms in total. The molecular weight excluding hydrogens is 328 g/mol. The molecule has 0 radical (unpaired) electrons. The zero-order valence-electron chi connectivity index (χ0n) is 11.0. The number of rotatable bonds is 4. The highest BCUT2D eigenvalue weighted by Crippen LogP contribution is 2.32. The minimum atomic E-state index is -4.42. The highest BCUT2D eigenvalue weighted by atomic mass is 35.5. The van der Waals surface area contributed by atoms with Crippen molar-refractivity contribution < 1.29 is 17.9 Å². The van der Waals surface area contributed by atoms with Gasteiger partial charge in [-0.25, -0.2) is 4.98 Å². The van der Waals surface area contributed by atoms with Crippen LogP contribution >= 0.6 is 23.2 Å². The molecule has 116 valence electrons. The van der Waals surface area contributed by atoms with Crippen molar-refractivity contribution >= 4 is 23.2 Å². The van der Waals surface area contributed by atoms with Crippen LogP contribution in [0.2, 0.25) is 5.02 Å². The van der Waals surface area contributed by atoms with E-state index in [1.807, 2.05) is 6.92 Å². The third-order valence-corrected chi connectivity index (χ3v) is 3.73. The van der Waals surface area contributed by atoms with E-state index in [1.165, 1.54) is 6.20 Å². The first-order chi connectivity index (χ1) is 9.76. The lowest BCUT2D eigenvalue weighted by molar-refractivity contribution is -0.154. The third kappa shape index (κ3) is 4.41. The molecule has 0 aromatic carbocycles. The first-order valence-corrected chi connectivity index (χ1v) is 6.97. The van der Waals surface area contributed by atoms with Gasteiger partial charge in [-0.1, -0.05) is 30.1 Å². The molecule has 8 heteroatoms. The Hall–Kier alpha value is -1.14. The van der Waals surface area contributed by atoms with E-state index in [-0.39, 0.29) is 22.9 Å². The SMILES string of the molecule is CC(c1cnc(OCC(F)(F)F)c(Cl)c1)C1CC(Cl)=CN1. The zero-order valence-corrected chi connectivity index (χ0v) is 12.6. The second-order valence-electron chi connectivity index (χ2n) is 4.82. The summed E-state index contributed by atoms with van der Waals surface area (Å²) in [4.78, 5) is 3.86. The van der Waals surface area contributed by atoms with Crippen molar-refractivity contribution in [3.05, 3.63) is 34.1 Å². The van der Waals surface area contributed by atoms with Gasteiger partial charge in [0, 0.05) is 35.8 Å². The lowest BCUT2D eigenvalue weighted by Crippen LogP contribution is -2.26. The average molecular weight is 341 g/mol. The largest absolute Gasteiger partial charge is 0.467 e. The van der Waals surface area contributed by atoms with Crippen LogP contribution in [0, 0.1) is 0 Å². The predicted octanol–water partition coefficient (Wildman–Crippen LogP) is 4.22. The van der Waals surface area contributed by atoms with Crippen LogP contribution in [0.1, 0.15) is 24.8 Å². The van der Waals surface area contributed by atoms with E-state index in [0.717, 1.165) is 10.6 Å². The molecule has 2 atom stereocenters. The number of aromatic nitrogens is 1. The molecule has 0 aliphatic carbocycles. The number of hydrogen-bond acceptors (Lipinski definition) is 3. The lowest BCUT2D eigenvalue weighted by Gasteiger charge is -2.20. The summed E-state index contributed by atoms with van der Waals surface area (Å²) in [6, 6.07) is 1.68. The Morgan fingerprint density at radius 3 is 2.71 bits per heavy atom. The lowest BCUT2D eigenvalue weighted by atomic mass is 9.94. The van der Waals surface area contributed by atoms with Crippen LogP contribution in [0.3, 0.4) is 0 Å². The Balaban J connectivity index is 2.05. The van der Waals surface area contributed by atoms with Gasteiger partial charge in [-0.05, 0) is 11.6 Å². The molecule has 1 aliphatic rings. The van der Waals surface area contributed by atoms with Crippen LogP contribution in [0.25, 0.3) is 0 Å². The molecule has 1 N–H and O–H groups in total. The molecule has 0 saturated carbocycles. The fourth-order valence-electron chi connectivity index (χ4n) is 2.02. The number of nitrogens with zero attached hydrogens (tertiary/aromatic N) is 1. The van der Waals surface area contributed by atoms with Crippen LogP contribution in [-0.4, -0.2) is 23.8 Å². The smallest absolute Gasteiger partial charge is 0.422 e. The fraction of sp³-hybridized carbons (Fsp3) is 0.462. The van der Waals surface area contributed by atoms with Crippen LogP contribution in [0.5, 0.6) is 5.88 Å². The van der Waals surface area contributed by atoms with Gasteiger partial charge in [0.2, 0.25) is 5.88 Å². The van der Waals surface area contributed by atoms with Crippen molar-refractivity contribution in [2.75, 3.05) is 6.61 Å². The maximum absolute atomic E-state index is 12.1. The first kappa shape index (κ1) is 16.2. The van der Waals surface area contributed by atoms with E-state index in [2.05, 4.69) is 15.0 Å². The average Bonchev–Trinajstić information content (AvgIpc) is 2.82. The van der Waals surface area contributed by atoms with E-state index in [1.54, 1.807) is 12.3 Å². The quantitative estimate of drug-likeness (QED) is 0.890. The van der Waals surface area contributed by atoms with Crippen molar-refractivity contribution in [2.45, 2.75) is 31.5 Å². The van der Waals surface area contributed by atoms with Crippen LogP contribution in [0.4, 0.5) is 13.2 Å². The van der Waals surface area contributed by atoms with Crippen molar-refractivity contribution in [1.82, 2.24) is 10.3 Å². The van der Waals surface area contributed by atoms with Gasteiger partial charge in [0.15, 0.2) is 6.61 Å². The monoisotopic (exact) mass is 340 g/mol. The number of hydrogen-bond donors (Lipinski definition) is 1. The summed E-state index contributed by atoms with van der Waals surface area (Å²) in [5.41, 5.74) is 0.802. The third-order valence-electron chi connectivity index (χ3n) is 3.20. The van der Waals surface area contributed by atoms with Gasteiger partial charge in [0.05, 0.1) is 0 Å². The Bertz CT molecular complexity index is 549. The Labute approximate surface area is 130 Å². The summed E-state index contributed by atoms with van der Waals surface area (Å²) in [6.07, 6.45) is -0.533. The number of alkyl halides is 3. The van der Waals surface area contributed by atoms with Crippen molar-refractivity contribution in [1.29, 1.82) is 0 Å². The standard InChI is InChI=1S/C13H13Cl2F3N2O/c1-7(11-3-9(14)5-19-11)8-2-10(15)12(20-4-8)21-6-13(16,17)18/h2,4-5,7,11,19H,3,6H2,1H3. The van der Waals surface area contributed by atoms with Crippen LogP contribution in [0.15, 0.2) is 23.5 Å². The van der Waals surface area contributed by atoms with E-state index in [9.17, 15) is 13.2 Å². The topological polar surface area (TPSA) is 34.1 Å². The summed E-state index contributed by atoms with van der Waals surface area (Å²) in [5.74, 6) is -0.167. The predicted molar refractivity (Wildman–Crippen MR) is 74.7 cm³/mol. The highest BCUT2D eigenvalue weighted by Gasteiger charge is 2.29. The first-order valence-electron chi connectivity index (χ1n) is 6.22. The van der Waals surface area contributed by atoms with Gasteiger partial charge in [0.25, 0.3) is 0 Å². The molecule has 0 fully saturated rings. The van der Waals surface area contributed by atoms with Gasteiger partial charge in [-0.2, -0.15) is 13.2 Å². The summed E-state index contributed by atoms with van der Waals surface area (Å²) >= 11 is 11.8. The Kier molecular flexibility index (Phi) is 4.88. The van der Waals surface area contributed by atoms with Gasteiger partial charge in [-0.3, -0.25) is 0 Å². The number of ether oxygens (including phenoxy) is 1. The molecular formula is C13H13Cl2F3N2O. The molecule has 1 aromatic heterocycles. The molecule has 2 rings (SSSR count). The van der Waals surface area contributed by atoms with E-state index >= 15 is 0 Å². The summed E-state index contributed by atoms with van der Waals surface area (Å²) in [6.45, 7) is 0.545. The molecule has 0 bridgehead atoms. The van der Waals surface area contributed by atoms with E-state index < -0.39 is 12.8 Å². The molecule has 2 heterocycles. The van der Waals surface area contributed by atoms with Crippen molar-refractivity contribution in [2.24, 2.45) is 0 Å². The fourth-order valence-corrected chi connectivity index (χ4v) is 2.48. The van der Waals surface area contributed by atoms with E-state index in [4.69, 9.17) is 23.2 Å². The Morgan fingerprint density at radius 1 is 1.48 bits per heavy atom. The van der Waals surface area contributed by atoms with Gasteiger partial charge in [0.1, 0.15) is 5.02 Å². The van der Waals surface area contributed by atoms with Crippen LogP contribution < -0.4 is 10.1 Å². The second-order valence-corrected chi connectivity index (χ2v) is 5.71. The van der Waals surface area contributed by atoms with Crippen molar-refractivity contribution in [3.8, 4) is 5.88 Å². The van der Waals surface area contributed by atoms with Crippen molar-refractivity contribution in [3.63, 3.8) is 0 Å². The summed E-state index contributed by atoms with van der Waals surface area (Å²) < 4.78 is 40.9. The van der Waals surface area contributed by atoms with Crippen LogP contribution in [-0.2, 0) is 0 Å². The maximum Gasteiger partial charge on any atom is 0.422 e. The molecule has 0 saturated heterocycles. The molecule has 2 unspecified atom stereocenters. The number of pyridine rings is 1. The normalized spacial score (nSPS) is 19.9. The maximum atomic E-state index is 12.1. The second kappa shape index (κ2) is 6.32. The highest BCUT2D eigenvalue weighted by molar-refractivity contribution is 6.31. The molecule has 1 aromatic rings. The minimum Gasteiger partial charge on any atom is -0.467 e. The molecule has 21 heavy (non-hydrogen) atoms. The van der Waals surface area contributed by atoms with Gasteiger partial charge < -0.3 is 10.1 Å². The van der Waals surface area contributed by atoms with E-state index in [0.29, 0.717) is 6.42 Å². The molecule has 1 aliphatic heterocycles. The Morgan fingerprint density at radius 2 is 2.19 bits per heavy atom. The molecule has 0 spiro atoms. The summed E-state index contributed by atoms with van der Waals surface area (Å²) in [7, 11) is 0. The number of halogens is 5. The van der Waals surface area contributed by atoms with Gasteiger partial charge >= 0.3 is 6.18 Å². The van der Waals surface area contributed by atoms with Gasteiger partial charge in [-0.15, -0.1) is 0 Å².